The van der Waals surface area contributed by atoms with Gasteiger partial charge in [0.25, 0.3) is 0 Å². The van der Waals surface area contributed by atoms with Crippen LogP contribution in [0.3, 0.4) is 0 Å². The number of aromatic nitrogens is 3. The van der Waals surface area contributed by atoms with Crippen molar-refractivity contribution in [3.05, 3.63) is 59.7 Å². The van der Waals surface area contributed by atoms with Gasteiger partial charge in [0.2, 0.25) is 0 Å². The van der Waals surface area contributed by atoms with Crippen LogP contribution in [0.1, 0.15) is 49.1 Å². The van der Waals surface area contributed by atoms with Gasteiger partial charge in [-0.3, -0.25) is 4.98 Å². The summed E-state index contributed by atoms with van der Waals surface area (Å²) >= 11 is 0. The molecule has 0 saturated heterocycles. The average molecular weight is 334 g/mol. The summed E-state index contributed by atoms with van der Waals surface area (Å²) < 4.78 is 2.26. The lowest BCUT2D eigenvalue weighted by atomic mass is 9.95. The van der Waals surface area contributed by atoms with E-state index in [9.17, 15) is 0 Å². The van der Waals surface area contributed by atoms with E-state index in [0.29, 0.717) is 6.04 Å². The number of nitrogens with zero attached hydrogens (tertiary/aromatic N) is 3. The molecule has 1 aliphatic carbocycles. The van der Waals surface area contributed by atoms with Gasteiger partial charge in [0.15, 0.2) is 0 Å². The molecule has 1 N–H and O–H groups in total. The van der Waals surface area contributed by atoms with Crippen molar-refractivity contribution in [3.8, 4) is 0 Å². The third-order valence-electron chi connectivity index (χ3n) is 5.31. The van der Waals surface area contributed by atoms with Gasteiger partial charge in [0, 0.05) is 25.3 Å². The Kier molecular flexibility index (Phi) is 4.79. The molecule has 25 heavy (non-hydrogen) atoms. The molecular weight excluding hydrogens is 308 g/mol. The lowest BCUT2D eigenvalue weighted by Gasteiger charge is -2.22. The molecule has 130 valence electrons. The van der Waals surface area contributed by atoms with Gasteiger partial charge >= 0.3 is 0 Å². The number of nitrogens with one attached hydrogen (secondary N) is 1. The highest BCUT2D eigenvalue weighted by atomic mass is 15.1. The second kappa shape index (κ2) is 7.36. The van der Waals surface area contributed by atoms with E-state index in [1.54, 1.807) is 0 Å². The minimum absolute atomic E-state index is 0.710. The molecule has 2 aromatic heterocycles. The van der Waals surface area contributed by atoms with Crippen LogP contribution in [-0.2, 0) is 13.1 Å². The summed E-state index contributed by atoms with van der Waals surface area (Å²) in [6.07, 6.45) is 10.5. The van der Waals surface area contributed by atoms with Crippen LogP contribution in [0.2, 0.25) is 0 Å². The molecule has 1 fully saturated rings. The highest BCUT2D eigenvalue weighted by Crippen LogP contribution is 2.19. The molecule has 3 aromatic rings. The van der Waals surface area contributed by atoms with Crippen molar-refractivity contribution in [1.29, 1.82) is 0 Å². The first kappa shape index (κ1) is 16.3. The van der Waals surface area contributed by atoms with Crippen molar-refractivity contribution in [1.82, 2.24) is 19.9 Å². The number of hydrogen-bond donors (Lipinski definition) is 1. The molecule has 0 radical (unpaired) electrons. The molecule has 4 nitrogen and oxygen atoms in total. The van der Waals surface area contributed by atoms with Gasteiger partial charge < -0.3 is 9.88 Å². The van der Waals surface area contributed by atoms with Crippen LogP contribution in [0.25, 0.3) is 11.0 Å². The predicted molar refractivity (Wildman–Crippen MR) is 102 cm³/mol. The molecule has 0 bridgehead atoms. The van der Waals surface area contributed by atoms with Gasteiger partial charge in [-0.05, 0) is 37.0 Å². The first-order valence-corrected chi connectivity index (χ1v) is 9.37. The summed E-state index contributed by atoms with van der Waals surface area (Å²) in [5.74, 6) is 1.03. The van der Waals surface area contributed by atoms with Crippen LogP contribution in [-0.4, -0.2) is 20.6 Å². The minimum Gasteiger partial charge on any atom is -0.324 e. The Balaban J connectivity index is 1.42. The molecule has 1 aliphatic rings. The Labute approximate surface area is 149 Å². The van der Waals surface area contributed by atoms with Gasteiger partial charge in [0.1, 0.15) is 11.3 Å². The zero-order chi connectivity index (χ0) is 17.1. The van der Waals surface area contributed by atoms with E-state index in [2.05, 4.69) is 51.0 Å². The first-order chi connectivity index (χ1) is 12.3. The lowest BCUT2D eigenvalue weighted by molar-refractivity contribution is 0.372. The zero-order valence-electron chi connectivity index (χ0n) is 14.9. The van der Waals surface area contributed by atoms with Gasteiger partial charge in [-0.25, -0.2) is 4.98 Å². The Morgan fingerprint density at radius 2 is 1.80 bits per heavy atom. The fraction of sp³-hybridized carbons (Fsp3) is 0.429. The fourth-order valence-corrected chi connectivity index (χ4v) is 3.82. The minimum atomic E-state index is 0.710. The van der Waals surface area contributed by atoms with Crippen molar-refractivity contribution in [3.63, 3.8) is 0 Å². The van der Waals surface area contributed by atoms with E-state index >= 15 is 0 Å². The molecular formula is C21H26N4. The molecule has 1 aromatic carbocycles. The maximum atomic E-state index is 4.60. The van der Waals surface area contributed by atoms with Crippen LogP contribution in [0.15, 0.2) is 42.7 Å². The summed E-state index contributed by atoms with van der Waals surface area (Å²) in [7, 11) is 0. The van der Waals surface area contributed by atoms with Gasteiger partial charge in [0.05, 0.1) is 11.7 Å². The fourth-order valence-electron chi connectivity index (χ4n) is 3.82. The molecule has 0 aliphatic heterocycles. The standard InChI is InChI=1S/C21H26N4/c1-16-24-20-14-22-12-11-21(20)25(16)15-18-9-7-17(8-10-18)13-23-19-5-3-2-4-6-19/h7-12,14,19,23H,2-6,13,15H2,1H3. The summed E-state index contributed by atoms with van der Waals surface area (Å²) in [6.45, 7) is 3.88. The van der Waals surface area contributed by atoms with Crippen LogP contribution < -0.4 is 5.32 Å². The van der Waals surface area contributed by atoms with E-state index in [1.165, 1.54) is 43.2 Å². The number of pyridine rings is 1. The van der Waals surface area contributed by atoms with E-state index in [0.717, 1.165) is 29.9 Å². The number of fused-ring (bicyclic) bond motifs is 1. The van der Waals surface area contributed by atoms with E-state index < -0.39 is 0 Å². The van der Waals surface area contributed by atoms with E-state index in [-0.39, 0.29) is 0 Å². The topological polar surface area (TPSA) is 42.7 Å². The third-order valence-corrected chi connectivity index (χ3v) is 5.31. The SMILES string of the molecule is Cc1nc2cnccc2n1Cc1ccc(CNC2CCCCC2)cc1. The molecule has 0 amide bonds. The Bertz CT molecular complexity index is 829. The van der Waals surface area contributed by atoms with Crippen molar-refractivity contribution >= 4 is 11.0 Å². The zero-order valence-corrected chi connectivity index (χ0v) is 14.9. The molecule has 0 spiro atoms. The van der Waals surface area contributed by atoms with Crippen molar-refractivity contribution in [2.24, 2.45) is 0 Å². The lowest BCUT2D eigenvalue weighted by Crippen LogP contribution is -2.30. The van der Waals surface area contributed by atoms with E-state index in [4.69, 9.17) is 0 Å². The van der Waals surface area contributed by atoms with Crippen molar-refractivity contribution in [2.45, 2.75) is 58.2 Å². The van der Waals surface area contributed by atoms with Gasteiger partial charge in [-0.15, -0.1) is 0 Å². The number of rotatable bonds is 5. The molecule has 2 heterocycles. The number of imidazole rings is 1. The highest BCUT2D eigenvalue weighted by molar-refractivity contribution is 5.74. The summed E-state index contributed by atoms with van der Waals surface area (Å²) in [5.41, 5.74) is 4.79. The molecule has 0 unspecified atom stereocenters. The van der Waals surface area contributed by atoms with Crippen molar-refractivity contribution < 1.29 is 0 Å². The third kappa shape index (κ3) is 3.74. The quantitative estimate of drug-likeness (QED) is 0.760. The Hall–Kier alpha value is -2.20. The van der Waals surface area contributed by atoms with Crippen molar-refractivity contribution in [2.75, 3.05) is 0 Å². The summed E-state index contributed by atoms with van der Waals surface area (Å²) in [5, 5.41) is 3.71. The largest absolute Gasteiger partial charge is 0.324 e. The van der Waals surface area contributed by atoms with Crippen LogP contribution in [0.5, 0.6) is 0 Å². The second-order valence-corrected chi connectivity index (χ2v) is 7.14. The first-order valence-electron chi connectivity index (χ1n) is 9.37. The van der Waals surface area contributed by atoms with Crippen LogP contribution in [0, 0.1) is 6.92 Å². The molecule has 0 atom stereocenters. The Morgan fingerprint density at radius 3 is 2.60 bits per heavy atom. The van der Waals surface area contributed by atoms with E-state index in [1.807, 2.05) is 18.5 Å². The molecule has 4 heteroatoms. The maximum Gasteiger partial charge on any atom is 0.107 e. The Morgan fingerprint density at radius 1 is 1.04 bits per heavy atom. The highest BCUT2D eigenvalue weighted by Gasteiger charge is 2.12. The smallest absolute Gasteiger partial charge is 0.107 e. The predicted octanol–water partition coefficient (Wildman–Crippen LogP) is 4.21. The normalized spacial score (nSPS) is 15.7. The molecule has 4 rings (SSSR count). The number of hydrogen-bond acceptors (Lipinski definition) is 3. The number of benzene rings is 1. The van der Waals surface area contributed by atoms with Crippen LogP contribution >= 0.6 is 0 Å². The maximum absolute atomic E-state index is 4.60. The van der Waals surface area contributed by atoms with Crippen LogP contribution in [0.4, 0.5) is 0 Å². The summed E-state index contributed by atoms with van der Waals surface area (Å²) in [6, 6.07) is 11.7. The van der Waals surface area contributed by atoms with Gasteiger partial charge in [-0.2, -0.15) is 0 Å². The monoisotopic (exact) mass is 334 g/mol. The average Bonchev–Trinajstić information content (AvgIpc) is 2.97. The molecule has 1 saturated carbocycles. The van der Waals surface area contributed by atoms with Gasteiger partial charge in [-0.1, -0.05) is 43.5 Å². The number of aryl methyl sites for hydroxylation is 1. The summed E-state index contributed by atoms with van der Waals surface area (Å²) in [4.78, 5) is 8.76. The second-order valence-electron chi connectivity index (χ2n) is 7.14.